The number of hydrogen-bond acceptors (Lipinski definition) is 6. The van der Waals surface area contributed by atoms with Crippen molar-refractivity contribution in [1.29, 1.82) is 0 Å². The smallest absolute Gasteiger partial charge is 0.310 e. The molecule has 2 N–H and O–H groups in total. The molecule has 0 bridgehead atoms. The van der Waals surface area contributed by atoms with E-state index in [-0.39, 0.29) is 17.6 Å². The van der Waals surface area contributed by atoms with Crippen LogP contribution in [0.4, 0.5) is 11.4 Å². The lowest BCUT2D eigenvalue weighted by Crippen LogP contribution is -2.05. The summed E-state index contributed by atoms with van der Waals surface area (Å²) in [4.78, 5) is 51.7. The van der Waals surface area contributed by atoms with Crippen molar-refractivity contribution in [3.8, 4) is 0 Å². The lowest BCUT2D eigenvalue weighted by Gasteiger charge is -2.01. The zero-order chi connectivity index (χ0) is 23.1. The highest BCUT2D eigenvalue weighted by molar-refractivity contribution is 5.95. The van der Waals surface area contributed by atoms with Gasteiger partial charge in [0, 0.05) is 44.6 Å². The van der Waals surface area contributed by atoms with Crippen LogP contribution in [0.1, 0.15) is 45.0 Å². The first kappa shape index (κ1) is 26.2. The van der Waals surface area contributed by atoms with Gasteiger partial charge in [-0.05, 0) is 43.3 Å². The average molecular weight is 414 g/mol. The molecule has 0 atom stereocenters. The summed E-state index contributed by atoms with van der Waals surface area (Å²) in [7, 11) is 0. The molecule has 0 spiro atoms. The fourth-order valence-corrected chi connectivity index (χ4v) is 1.92. The molecule has 2 rings (SSSR count). The Hall–Kier alpha value is -3.81. The van der Waals surface area contributed by atoms with Crippen molar-refractivity contribution < 1.29 is 28.7 Å². The minimum absolute atomic E-state index is 0.0226. The van der Waals surface area contributed by atoms with Crippen LogP contribution in [0.5, 0.6) is 0 Å². The molecule has 2 aromatic rings. The normalized spacial score (nSPS) is 8.83. The summed E-state index contributed by atoms with van der Waals surface area (Å²) in [6, 6.07) is 16.2. The van der Waals surface area contributed by atoms with Crippen molar-refractivity contribution in [1.82, 2.24) is 0 Å². The Balaban J connectivity index is 0.000000442. The number of carbonyl (C=O) groups excluding carboxylic acids is 5. The fourth-order valence-electron chi connectivity index (χ4n) is 1.92. The van der Waals surface area contributed by atoms with Gasteiger partial charge in [0.15, 0.2) is 5.78 Å². The molecule has 0 fully saturated rings. The predicted octanol–water partition coefficient (Wildman–Crippen LogP) is 3.59. The lowest BCUT2D eigenvalue weighted by molar-refractivity contribution is -0.156. The third-order valence-corrected chi connectivity index (χ3v) is 2.99. The molecule has 0 heterocycles. The van der Waals surface area contributed by atoms with Gasteiger partial charge in [0.2, 0.25) is 11.8 Å². The van der Waals surface area contributed by atoms with E-state index in [9.17, 15) is 24.0 Å². The molecule has 30 heavy (non-hydrogen) atoms. The quantitative estimate of drug-likeness (QED) is 0.450. The third-order valence-electron chi connectivity index (χ3n) is 2.99. The summed E-state index contributed by atoms with van der Waals surface area (Å²) in [6.07, 6.45) is 0. The predicted molar refractivity (Wildman–Crippen MR) is 114 cm³/mol. The van der Waals surface area contributed by atoms with Crippen LogP contribution < -0.4 is 10.6 Å². The Bertz CT molecular complexity index is 849. The molecule has 2 amide bonds. The van der Waals surface area contributed by atoms with Gasteiger partial charge in [0.05, 0.1) is 0 Å². The number of hydrogen-bond donors (Lipinski definition) is 2. The number of carbonyl (C=O) groups is 5. The summed E-state index contributed by atoms with van der Waals surface area (Å²) >= 11 is 0. The first-order valence-electron chi connectivity index (χ1n) is 8.91. The molecule has 0 aliphatic heterocycles. The van der Waals surface area contributed by atoms with E-state index in [1.165, 1.54) is 34.6 Å². The number of rotatable bonds is 3. The third kappa shape index (κ3) is 14.3. The Morgan fingerprint density at radius 1 is 0.600 bits per heavy atom. The van der Waals surface area contributed by atoms with Gasteiger partial charge in [-0.1, -0.05) is 18.2 Å². The second-order valence-electron chi connectivity index (χ2n) is 5.95. The van der Waals surface area contributed by atoms with Gasteiger partial charge in [-0.3, -0.25) is 24.0 Å². The first-order valence-corrected chi connectivity index (χ1v) is 8.91. The van der Waals surface area contributed by atoms with Crippen LogP contribution in [0, 0.1) is 0 Å². The summed E-state index contributed by atoms with van der Waals surface area (Å²) in [5, 5.41) is 5.29. The van der Waals surface area contributed by atoms with Gasteiger partial charge in [-0.25, -0.2) is 0 Å². The van der Waals surface area contributed by atoms with E-state index in [1.807, 2.05) is 30.3 Å². The van der Waals surface area contributed by atoms with Crippen molar-refractivity contribution in [2.75, 3.05) is 10.6 Å². The second-order valence-corrected chi connectivity index (χ2v) is 5.95. The van der Waals surface area contributed by atoms with Crippen LogP contribution in [-0.2, 0) is 23.9 Å². The number of Topliss-reactive ketones (excluding diaryl/α,β-unsaturated/α-hetero) is 1. The zero-order valence-corrected chi connectivity index (χ0v) is 17.6. The molecular formula is C22H26N2O6. The van der Waals surface area contributed by atoms with Crippen molar-refractivity contribution in [2.45, 2.75) is 34.6 Å². The van der Waals surface area contributed by atoms with Crippen LogP contribution in [-0.4, -0.2) is 29.5 Å². The number of amides is 2. The van der Waals surface area contributed by atoms with Gasteiger partial charge < -0.3 is 15.4 Å². The highest BCUT2D eigenvalue weighted by Gasteiger charge is 1.99. The lowest BCUT2D eigenvalue weighted by atomic mass is 10.1. The number of nitrogens with one attached hydrogen (secondary N) is 2. The van der Waals surface area contributed by atoms with Crippen molar-refractivity contribution in [2.24, 2.45) is 0 Å². The molecule has 0 saturated carbocycles. The average Bonchev–Trinajstić information content (AvgIpc) is 2.62. The van der Waals surface area contributed by atoms with Crippen LogP contribution in [0.15, 0.2) is 54.6 Å². The van der Waals surface area contributed by atoms with E-state index < -0.39 is 11.9 Å². The molecule has 8 heteroatoms. The topological polar surface area (TPSA) is 119 Å². The molecule has 0 saturated heterocycles. The minimum Gasteiger partial charge on any atom is -0.394 e. The SMILES string of the molecule is CC(=O)Nc1ccc(C(C)=O)cc1.CC(=O)Nc1ccccc1.CC(=O)OC(C)=O. The molecule has 0 aliphatic rings. The molecule has 0 aromatic heterocycles. The van der Waals surface area contributed by atoms with Gasteiger partial charge in [0.1, 0.15) is 0 Å². The minimum atomic E-state index is -0.562. The highest BCUT2D eigenvalue weighted by atomic mass is 16.6. The molecular weight excluding hydrogens is 388 g/mol. The van der Waals surface area contributed by atoms with E-state index in [4.69, 9.17) is 0 Å². The van der Waals surface area contributed by atoms with Gasteiger partial charge >= 0.3 is 11.9 Å². The first-order chi connectivity index (χ1) is 14.0. The number of esters is 2. The van der Waals surface area contributed by atoms with E-state index in [0.29, 0.717) is 11.3 Å². The number of benzene rings is 2. The number of anilines is 2. The zero-order valence-electron chi connectivity index (χ0n) is 17.6. The van der Waals surface area contributed by atoms with Gasteiger partial charge in [-0.2, -0.15) is 0 Å². The van der Waals surface area contributed by atoms with E-state index >= 15 is 0 Å². The largest absolute Gasteiger partial charge is 0.394 e. The monoisotopic (exact) mass is 414 g/mol. The Morgan fingerprint density at radius 2 is 1.00 bits per heavy atom. The molecule has 160 valence electrons. The Labute approximate surface area is 175 Å². The molecule has 0 radical (unpaired) electrons. The van der Waals surface area contributed by atoms with Crippen LogP contribution in [0.2, 0.25) is 0 Å². The summed E-state index contributed by atoms with van der Waals surface area (Å²) in [6.45, 7) is 6.81. The second kappa shape index (κ2) is 14.2. The Kier molecular flexibility index (Phi) is 12.4. The molecule has 2 aromatic carbocycles. The van der Waals surface area contributed by atoms with Crippen LogP contribution in [0.3, 0.4) is 0 Å². The number of para-hydroxylation sites is 1. The van der Waals surface area contributed by atoms with E-state index in [0.717, 1.165) is 5.69 Å². The molecule has 8 nitrogen and oxygen atoms in total. The van der Waals surface area contributed by atoms with Crippen molar-refractivity contribution in [3.05, 3.63) is 60.2 Å². The van der Waals surface area contributed by atoms with Crippen molar-refractivity contribution >= 4 is 40.9 Å². The number of ketones is 1. The summed E-state index contributed by atoms with van der Waals surface area (Å²) in [5.41, 5.74) is 2.20. The van der Waals surface area contributed by atoms with Gasteiger partial charge in [0.25, 0.3) is 0 Å². The van der Waals surface area contributed by atoms with Crippen molar-refractivity contribution in [3.63, 3.8) is 0 Å². The molecule has 0 unspecified atom stereocenters. The van der Waals surface area contributed by atoms with Gasteiger partial charge in [-0.15, -0.1) is 0 Å². The maximum absolute atomic E-state index is 10.9. The summed E-state index contributed by atoms with van der Waals surface area (Å²) in [5.74, 6) is -1.25. The Morgan fingerprint density at radius 3 is 1.30 bits per heavy atom. The fraction of sp³-hybridized carbons (Fsp3) is 0.227. The summed E-state index contributed by atoms with van der Waals surface area (Å²) < 4.78 is 3.97. The maximum atomic E-state index is 10.9. The van der Waals surface area contributed by atoms with Crippen LogP contribution >= 0.6 is 0 Å². The number of ether oxygens (including phenoxy) is 1. The van der Waals surface area contributed by atoms with E-state index in [1.54, 1.807) is 24.3 Å². The highest BCUT2D eigenvalue weighted by Crippen LogP contribution is 2.09. The van der Waals surface area contributed by atoms with E-state index in [2.05, 4.69) is 15.4 Å². The van der Waals surface area contributed by atoms with Crippen LogP contribution in [0.25, 0.3) is 0 Å². The maximum Gasteiger partial charge on any atom is 0.310 e. The molecule has 0 aliphatic carbocycles. The standard InChI is InChI=1S/C10H11NO2.C8H9NO.C4H6O3/c1-7(12)9-3-5-10(6-4-9)11-8(2)13;1-7(10)9-8-5-3-2-4-6-8;1-3(5)7-4(2)6/h3-6H,1-2H3,(H,11,13);2-6H,1H3,(H,9,10);1-2H3.